The van der Waals surface area contributed by atoms with Crippen LogP contribution in [0.1, 0.15) is 0 Å². The van der Waals surface area contributed by atoms with E-state index in [0.29, 0.717) is 0 Å². The lowest BCUT2D eigenvalue weighted by atomic mass is 10.0. The van der Waals surface area contributed by atoms with Crippen LogP contribution in [-0.4, -0.2) is 9.13 Å². The number of rotatable bonds is 4. The molecule has 8 aromatic carbocycles. The van der Waals surface area contributed by atoms with Gasteiger partial charge in [0.1, 0.15) is 11.2 Å². The van der Waals surface area contributed by atoms with Crippen LogP contribution in [0.15, 0.2) is 186 Å². The van der Waals surface area contributed by atoms with Gasteiger partial charge >= 0.3 is 0 Å². The minimum Gasteiger partial charge on any atom is -0.456 e. The van der Waals surface area contributed by atoms with E-state index in [1.54, 1.807) is 0 Å². The molecule has 0 radical (unpaired) electrons. The van der Waals surface area contributed by atoms with Gasteiger partial charge in [0.25, 0.3) is 0 Å². The van der Waals surface area contributed by atoms with Crippen LogP contribution in [0.3, 0.4) is 0 Å². The van der Waals surface area contributed by atoms with Crippen molar-refractivity contribution in [3.8, 4) is 33.6 Å². The number of hydrogen-bond acceptors (Lipinski definition) is 1. The highest BCUT2D eigenvalue weighted by molar-refractivity contribution is 6.12. The van der Waals surface area contributed by atoms with Crippen molar-refractivity contribution in [2.75, 3.05) is 0 Å². The molecule has 51 heavy (non-hydrogen) atoms. The molecular weight excluding hydrogens is 621 g/mol. The maximum atomic E-state index is 6.13. The van der Waals surface area contributed by atoms with Gasteiger partial charge in [0.05, 0.1) is 22.1 Å². The highest BCUT2D eigenvalue weighted by Gasteiger charge is 2.16. The van der Waals surface area contributed by atoms with Crippen LogP contribution in [0.2, 0.25) is 0 Å². The van der Waals surface area contributed by atoms with E-state index >= 15 is 0 Å². The average Bonchev–Trinajstić information content (AvgIpc) is 3.85. The number of para-hydroxylation sites is 4. The van der Waals surface area contributed by atoms with Crippen molar-refractivity contribution in [3.05, 3.63) is 182 Å². The minimum atomic E-state index is 0.913. The molecule has 0 aliphatic heterocycles. The monoisotopic (exact) mass is 650 g/mol. The van der Waals surface area contributed by atoms with Crippen molar-refractivity contribution < 1.29 is 4.42 Å². The van der Waals surface area contributed by atoms with Gasteiger partial charge in [-0.2, -0.15) is 0 Å². The Bertz CT molecular complexity index is 3120. The van der Waals surface area contributed by atoms with Crippen LogP contribution in [0, 0.1) is 0 Å². The lowest BCUT2D eigenvalue weighted by molar-refractivity contribution is 0.669. The maximum absolute atomic E-state index is 6.13. The Kier molecular flexibility index (Phi) is 5.96. The van der Waals surface area contributed by atoms with Crippen molar-refractivity contribution >= 4 is 65.6 Å². The fourth-order valence-corrected chi connectivity index (χ4v) is 8.14. The average molecular weight is 651 g/mol. The second-order valence-corrected chi connectivity index (χ2v) is 13.4. The van der Waals surface area contributed by atoms with E-state index in [1.807, 2.05) is 12.1 Å². The summed E-state index contributed by atoms with van der Waals surface area (Å²) < 4.78 is 10.9. The van der Waals surface area contributed by atoms with E-state index in [4.69, 9.17) is 4.42 Å². The summed E-state index contributed by atoms with van der Waals surface area (Å²) in [5.41, 5.74) is 13.7. The Morgan fingerprint density at radius 3 is 1.57 bits per heavy atom. The molecule has 11 aromatic rings. The number of fused-ring (bicyclic) bond motifs is 9. The molecule has 3 heteroatoms. The van der Waals surface area contributed by atoms with Crippen LogP contribution in [0.4, 0.5) is 0 Å². The van der Waals surface area contributed by atoms with E-state index in [0.717, 1.165) is 27.6 Å². The molecule has 0 aliphatic carbocycles. The van der Waals surface area contributed by atoms with Crippen LogP contribution in [0.5, 0.6) is 0 Å². The lowest BCUT2D eigenvalue weighted by Crippen LogP contribution is -1.94. The number of hydrogen-bond donors (Lipinski definition) is 0. The number of benzene rings is 8. The SMILES string of the molecule is c1ccc(-n2c3ccccc3c3cc(-c4ccc(-n5c6ccccc6c6ccc(-c7ccc8oc9ccccc9c8c7)cc65)cc4)ccc32)cc1. The van der Waals surface area contributed by atoms with Crippen molar-refractivity contribution in [2.45, 2.75) is 0 Å². The van der Waals surface area contributed by atoms with Gasteiger partial charge in [0.2, 0.25) is 0 Å². The van der Waals surface area contributed by atoms with Crippen molar-refractivity contribution in [3.63, 3.8) is 0 Å². The normalized spacial score (nSPS) is 11.9. The van der Waals surface area contributed by atoms with E-state index in [-0.39, 0.29) is 0 Å². The fraction of sp³-hybridized carbons (Fsp3) is 0. The van der Waals surface area contributed by atoms with Crippen molar-refractivity contribution in [1.29, 1.82) is 0 Å². The minimum absolute atomic E-state index is 0.913. The molecule has 3 nitrogen and oxygen atoms in total. The van der Waals surface area contributed by atoms with Crippen LogP contribution >= 0.6 is 0 Å². The standard InChI is InChI=1S/C48H30N2O/c1-2-10-35(11-3-1)49-44-16-8-5-13-38(44)41-28-32(21-26-45(41)49)31-18-23-36(24-19-31)50-43-15-7-4-12-37(43)39-25-20-34(30-46(39)50)33-22-27-48-42(29-33)40-14-6-9-17-47(40)51-48/h1-30H. The quantitative estimate of drug-likeness (QED) is 0.186. The molecule has 0 N–H and O–H groups in total. The molecular formula is C48H30N2O. The largest absolute Gasteiger partial charge is 0.456 e. The van der Waals surface area contributed by atoms with Gasteiger partial charge in [-0.05, 0) is 95.1 Å². The van der Waals surface area contributed by atoms with Gasteiger partial charge in [-0.15, -0.1) is 0 Å². The summed E-state index contributed by atoms with van der Waals surface area (Å²) in [6, 6.07) is 65.6. The molecule has 0 fully saturated rings. The van der Waals surface area contributed by atoms with Gasteiger partial charge in [-0.3, -0.25) is 0 Å². The van der Waals surface area contributed by atoms with Crippen molar-refractivity contribution in [1.82, 2.24) is 9.13 Å². The van der Waals surface area contributed by atoms with Gasteiger partial charge in [0.15, 0.2) is 0 Å². The predicted octanol–water partition coefficient (Wildman–Crippen LogP) is 13.1. The van der Waals surface area contributed by atoms with E-state index in [1.165, 1.54) is 71.6 Å². The zero-order chi connectivity index (χ0) is 33.5. The molecule has 238 valence electrons. The number of nitrogens with zero attached hydrogens (tertiary/aromatic N) is 2. The summed E-state index contributed by atoms with van der Waals surface area (Å²) in [4.78, 5) is 0. The first-order chi connectivity index (χ1) is 25.3. The second-order valence-electron chi connectivity index (χ2n) is 13.4. The molecule has 0 spiro atoms. The van der Waals surface area contributed by atoms with Gasteiger partial charge in [-0.1, -0.05) is 109 Å². The molecule has 0 amide bonds. The lowest BCUT2D eigenvalue weighted by Gasteiger charge is -2.11. The third-order valence-electron chi connectivity index (χ3n) is 10.5. The summed E-state index contributed by atoms with van der Waals surface area (Å²) in [5.74, 6) is 0. The third-order valence-corrected chi connectivity index (χ3v) is 10.5. The third kappa shape index (κ3) is 4.25. The van der Waals surface area contributed by atoms with E-state index in [9.17, 15) is 0 Å². The molecule has 0 unspecified atom stereocenters. The second kappa shape index (κ2) is 10.8. The molecule has 0 saturated carbocycles. The molecule has 0 bridgehead atoms. The Morgan fingerprint density at radius 1 is 0.275 bits per heavy atom. The van der Waals surface area contributed by atoms with Gasteiger partial charge in [-0.25, -0.2) is 0 Å². The Hall–Kier alpha value is -6.84. The Labute approximate surface area is 293 Å². The first kappa shape index (κ1) is 28.0. The molecule has 11 rings (SSSR count). The fourth-order valence-electron chi connectivity index (χ4n) is 8.14. The highest BCUT2D eigenvalue weighted by Crippen LogP contribution is 2.39. The molecule has 0 atom stereocenters. The smallest absolute Gasteiger partial charge is 0.135 e. The Balaban J connectivity index is 1.03. The number of furan rings is 1. The highest BCUT2D eigenvalue weighted by atomic mass is 16.3. The molecule has 3 aromatic heterocycles. The van der Waals surface area contributed by atoms with Gasteiger partial charge in [0, 0.05) is 43.7 Å². The summed E-state index contributed by atoms with van der Waals surface area (Å²) in [5, 5.41) is 7.30. The molecule has 3 heterocycles. The van der Waals surface area contributed by atoms with Crippen LogP contribution in [-0.2, 0) is 0 Å². The van der Waals surface area contributed by atoms with Crippen LogP contribution in [0.25, 0.3) is 99.2 Å². The van der Waals surface area contributed by atoms with E-state index in [2.05, 4.69) is 179 Å². The van der Waals surface area contributed by atoms with Crippen LogP contribution < -0.4 is 0 Å². The number of aromatic nitrogens is 2. The maximum Gasteiger partial charge on any atom is 0.135 e. The first-order valence-corrected chi connectivity index (χ1v) is 17.4. The molecule has 0 aliphatic rings. The topological polar surface area (TPSA) is 23.0 Å². The van der Waals surface area contributed by atoms with E-state index < -0.39 is 0 Å². The summed E-state index contributed by atoms with van der Waals surface area (Å²) in [6.45, 7) is 0. The summed E-state index contributed by atoms with van der Waals surface area (Å²) in [7, 11) is 0. The zero-order valence-corrected chi connectivity index (χ0v) is 27.6. The molecule has 0 saturated heterocycles. The van der Waals surface area contributed by atoms with Crippen molar-refractivity contribution in [2.24, 2.45) is 0 Å². The first-order valence-electron chi connectivity index (χ1n) is 17.4. The zero-order valence-electron chi connectivity index (χ0n) is 27.6. The summed E-state index contributed by atoms with van der Waals surface area (Å²) in [6.07, 6.45) is 0. The van der Waals surface area contributed by atoms with Gasteiger partial charge < -0.3 is 13.6 Å². The predicted molar refractivity (Wildman–Crippen MR) is 213 cm³/mol. The summed E-state index contributed by atoms with van der Waals surface area (Å²) >= 11 is 0. The Morgan fingerprint density at radius 2 is 0.765 bits per heavy atom.